The summed E-state index contributed by atoms with van der Waals surface area (Å²) < 4.78 is 4.41. The van der Waals surface area contributed by atoms with Gasteiger partial charge in [0.05, 0.1) is 19.8 Å². The van der Waals surface area contributed by atoms with E-state index >= 15 is 0 Å². The molecule has 1 saturated carbocycles. The maximum absolute atomic E-state index is 11.7. The van der Waals surface area contributed by atoms with Crippen molar-refractivity contribution in [3.05, 3.63) is 0 Å². The summed E-state index contributed by atoms with van der Waals surface area (Å²) in [6, 6.07) is 0.861. The quantitative estimate of drug-likeness (QED) is 0.619. The van der Waals surface area contributed by atoms with Crippen molar-refractivity contribution < 1.29 is 19.4 Å². The number of carbonyl (C=O) groups excluding carboxylic acids is 2. The molecule has 0 aliphatic heterocycles. The third-order valence-electron chi connectivity index (χ3n) is 2.83. The number of nitrogens with one attached hydrogen (secondary N) is 1. The molecule has 1 aliphatic rings. The van der Waals surface area contributed by atoms with Gasteiger partial charge in [-0.2, -0.15) is 5.26 Å². The summed E-state index contributed by atoms with van der Waals surface area (Å²) in [6.45, 7) is -0.542. The Labute approximate surface area is 93.2 Å². The van der Waals surface area contributed by atoms with Crippen LogP contribution in [0.3, 0.4) is 0 Å². The Morgan fingerprint density at radius 1 is 1.62 bits per heavy atom. The molecule has 16 heavy (non-hydrogen) atoms. The minimum atomic E-state index is -1.09. The maximum atomic E-state index is 11.7. The molecule has 0 heterocycles. The molecule has 1 unspecified atom stereocenters. The first-order valence-corrected chi connectivity index (χ1v) is 5.00. The average molecular weight is 226 g/mol. The highest BCUT2D eigenvalue weighted by molar-refractivity contribution is 5.90. The van der Waals surface area contributed by atoms with E-state index in [1.807, 2.05) is 6.07 Å². The van der Waals surface area contributed by atoms with E-state index in [1.54, 1.807) is 0 Å². The van der Waals surface area contributed by atoms with Crippen LogP contribution >= 0.6 is 0 Å². The van der Waals surface area contributed by atoms with Crippen molar-refractivity contribution >= 4 is 11.9 Å². The van der Waals surface area contributed by atoms with Crippen LogP contribution < -0.4 is 5.32 Å². The smallest absolute Gasteiger partial charge is 0.330 e. The van der Waals surface area contributed by atoms with Gasteiger partial charge in [-0.1, -0.05) is 0 Å². The highest BCUT2D eigenvalue weighted by Crippen LogP contribution is 2.40. The van der Waals surface area contributed by atoms with E-state index in [2.05, 4.69) is 10.1 Å². The zero-order valence-corrected chi connectivity index (χ0v) is 9.02. The average Bonchev–Trinajstić information content (AvgIpc) is 2.24. The molecule has 0 saturated heterocycles. The van der Waals surface area contributed by atoms with E-state index in [0.29, 0.717) is 12.8 Å². The van der Waals surface area contributed by atoms with E-state index in [1.165, 1.54) is 7.11 Å². The molecule has 2 N–H and O–H groups in total. The molecule has 0 aromatic heterocycles. The molecular weight excluding hydrogens is 212 g/mol. The third-order valence-corrected chi connectivity index (χ3v) is 2.83. The third kappa shape index (κ3) is 2.14. The van der Waals surface area contributed by atoms with Crippen LogP contribution in [-0.4, -0.2) is 36.7 Å². The van der Waals surface area contributed by atoms with E-state index in [0.717, 1.165) is 6.42 Å². The molecule has 6 nitrogen and oxygen atoms in total. The first-order valence-electron chi connectivity index (χ1n) is 5.00. The summed E-state index contributed by atoms with van der Waals surface area (Å²) in [5.74, 6) is -1.23. The molecule has 1 fully saturated rings. The van der Waals surface area contributed by atoms with Crippen molar-refractivity contribution in [2.75, 3.05) is 13.7 Å². The van der Waals surface area contributed by atoms with Gasteiger partial charge in [0.15, 0.2) is 6.04 Å². The van der Waals surface area contributed by atoms with Crippen LogP contribution in [0.2, 0.25) is 0 Å². The molecule has 88 valence electrons. The van der Waals surface area contributed by atoms with Crippen LogP contribution in [0.1, 0.15) is 19.3 Å². The van der Waals surface area contributed by atoms with Gasteiger partial charge in [-0.25, -0.2) is 4.79 Å². The Hall–Kier alpha value is -1.61. The Bertz CT molecular complexity index is 330. The summed E-state index contributed by atoms with van der Waals surface area (Å²) in [4.78, 5) is 22.8. The number of hydrogen-bond acceptors (Lipinski definition) is 5. The Morgan fingerprint density at radius 2 is 2.25 bits per heavy atom. The normalized spacial score (nSPS) is 18.8. The highest BCUT2D eigenvalue weighted by atomic mass is 16.5. The molecular formula is C10H14N2O4. The molecule has 0 bridgehead atoms. The number of methoxy groups -OCH3 is 1. The Balaban J connectivity index is 2.62. The second-order valence-corrected chi connectivity index (χ2v) is 3.78. The van der Waals surface area contributed by atoms with Gasteiger partial charge < -0.3 is 15.2 Å². The van der Waals surface area contributed by atoms with Crippen LogP contribution in [0, 0.1) is 16.7 Å². The van der Waals surface area contributed by atoms with Crippen molar-refractivity contribution in [2.45, 2.75) is 25.3 Å². The molecule has 1 amide bonds. The maximum Gasteiger partial charge on any atom is 0.330 e. The predicted molar refractivity (Wildman–Crippen MR) is 52.9 cm³/mol. The van der Waals surface area contributed by atoms with Gasteiger partial charge >= 0.3 is 5.97 Å². The molecule has 6 heteroatoms. The Morgan fingerprint density at radius 3 is 2.56 bits per heavy atom. The predicted octanol–water partition coefficient (Wildman–Crippen LogP) is -0.670. The number of rotatable bonds is 4. The number of esters is 1. The minimum absolute atomic E-state index is 0.495. The number of aliphatic hydroxyl groups excluding tert-OH is 1. The lowest BCUT2D eigenvalue weighted by atomic mass is 9.69. The van der Waals surface area contributed by atoms with Crippen LogP contribution in [0.15, 0.2) is 0 Å². The summed E-state index contributed by atoms with van der Waals surface area (Å²) in [7, 11) is 1.17. The van der Waals surface area contributed by atoms with Crippen molar-refractivity contribution in [1.29, 1.82) is 5.26 Å². The van der Waals surface area contributed by atoms with Crippen LogP contribution in [-0.2, 0) is 14.3 Å². The molecule has 1 atom stereocenters. The lowest BCUT2D eigenvalue weighted by molar-refractivity contribution is -0.148. The zero-order chi connectivity index (χ0) is 12.2. The van der Waals surface area contributed by atoms with Crippen LogP contribution in [0.5, 0.6) is 0 Å². The van der Waals surface area contributed by atoms with Crippen LogP contribution in [0.4, 0.5) is 0 Å². The molecule has 0 aromatic rings. The van der Waals surface area contributed by atoms with Gasteiger partial charge in [0.1, 0.15) is 5.41 Å². The van der Waals surface area contributed by atoms with Gasteiger partial charge in [0.2, 0.25) is 5.91 Å². The molecule has 1 aliphatic carbocycles. The monoisotopic (exact) mass is 226 g/mol. The SMILES string of the molecule is COC(=O)C(CO)NC(=O)C1(C#N)CCC1. The van der Waals surface area contributed by atoms with Gasteiger partial charge in [-0.3, -0.25) is 4.79 Å². The number of ether oxygens (including phenoxy) is 1. The summed E-state index contributed by atoms with van der Waals surface area (Å²) in [5, 5.41) is 20.1. The largest absolute Gasteiger partial charge is 0.467 e. The van der Waals surface area contributed by atoms with E-state index in [4.69, 9.17) is 10.4 Å². The lowest BCUT2D eigenvalue weighted by Gasteiger charge is -2.34. The van der Waals surface area contributed by atoms with Crippen molar-refractivity contribution in [2.24, 2.45) is 5.41 Å². The number of aliphatic hydroxyl groups is 1. The number of hydrogen-bond donors (Lipinski definition) is 2. The molecule has 0 radical (unpaired) electrons. The number of carbonyl (C=O) groups is 2. The second-order valence-electron chi connectivity index (χ2n) is 3.78. The summed E-state index contributed by atoms with van der Waals surface area (Å²) in [6.07, 6.45) is 1.81. The molecule has 0 aromatic carbocycles. The summed E-state index contributed by atoms with van der Waals surface area (Å²) >= 11 is 0. The van der Waals surface area contributed by atoms with Gasteiger partial charge in [-0.15, -0.1) is 0 Å². The van der Waals surface area contributed by atoms with Gasteiger partial charge in [-0.05, 0) is 19.3 Å². The van der Waals surface area contributed by atoms with Crippen LogP contribution in [0.25, 0.3) is 0 Å². The standard InChI is InChI=1S/C10H14N2O4/c1-16-8(14)7(5-13)12-9(15)10(6-11)3-2-4-10/h7,13H,2-5H2,1H3,(H,12,15). The van der Waals surface area contributed by atoms with Gasteiger partial charge in [0.25, 0.3) is 0 Å². The number of amides is 1. The fraction of sp³-hybridized carbons (Fsp3) is 0.700. The van der Waals surface area contributed by atoms with Crippen molar-refractivity contribution in [1.82, 2.24) is 5.32 Å². The zero-order valence-electron chi connectivity index (χ0n) is 9.02. The number of nitriles is 1. The second kappa shape index (κ2) is 4.94. The topological polar surface area (TPSA) is 99.4 Å². The first-order chi connectivity index (χ1) is 7.59. The molecule has 0 spiro atoms. The van der Waals surface area contributed by atoms with Gasteiger partial charge in [0, 0.05) is 0 Å². The highest BCUT2D eigenvalue weighted by Gasteiger charge is 2.45. The first kappa shape index (κ1) is 12.5. The summed E-state index contributed by atoms with van der Waals surface area (Å²) in [5.41, 5.74) is -1.03. The van der Waals surface area contributed by atoms with E-state index in [9.17, 15) is 9.59 Å². The van der Waals surface area contributed by atoms with Crippen molar-refractivity contribution in [3.8, 4) is 6.07 Å². The number of nitrogens with zero attached hydrogens (tertiary/aromatic N) is 1. The molecule has 1 rings (SSSR count). The fourth-order valence-corrected chi connectivity index (χ4v) is 1.54. The minimum Gasteiger partial charge on any atom is -0.467 e. The van der Waals surface area contributed by atoms with E-state index < -0.39 is 29.9 Å². The Kier molecular flexibility index (Phi) is 3.85. The van der Waals surface area contributed by atoms with Crippen molar-refractivity contribution in [3.63, 3.8) is 0 Å². The van der Waals surface area contributed by atoms with E-state index in [-0.39, 0.29) is 0 Å². The lowest BCUT2D eigenvalue weighted by Crippen LogP contribution is -2.52. The fourth-order valence-electron chi connectivity index (χ4n) is 1.54.